The highest BCUT2D eigenvalue weighted by Gasteiger charge is 2.32. The highest BCUT2D eigenvalue weighted by molar-refractivity contribution is 7.89. The summed E-state index contributed by atoms with van der Waals surface area (Å²) in [4.78, 5) is 11.9. The second kappa shape index (κ2) is 5.65. The Morgan fingerprint density at radius 3 is 2.57 bits per heavy atom. The Labute approximate surface area is 124 Å². The summed E-state index contributed by atoms with van der Waals surface area (Å²) in [7, 11) is -2.60. The Morgan fingerprint density at radius 1 is 1.43 bits per heavy atom. The van der Waals surface area contributed by atoms with Crippen LogP contribution in [0.1, 0.15) is 36.5 Å². The number of ether oxygens (including phenoxy) is 1. The quantitative estimate of drug-likeness (QED) is 0.855. The number of benzene rings is 1. The third kappa shape index (κ3) is 3.54. The van der Waals surface area contributed by atoms with Gasteiger partial charge in [-0.05, 0) is 36.5 Å². The van der Waals surface area contributed by atoms with Gasteiger partial charge in [0.15, 0.2) is 0 Å². The van der Waals surface area contributed by atoms with Crippen LogP contribution in [0.2, 0.25) is 0 Å². The molecule has 0 aliphatic heterocycles. The summed E-state index contributed by atoms with van der Waals surface area (Å²) >= 11 is 0. The smallest absolute Gasteiger partial charge is 0.251 e. The highest BCUT2D eigenvalue weighted by Crippen LogP contribution is 2.39. The van der Waals surface area contributed by atoms with Crippen molar-refractivity contribution in [3.05, 3.63) is 23.8 Å². The van der Waals surface area contributed by atoms with Crippen molar-refractivity contribution < 1.29 is 17.9 Å². The minimum atomic E-state index is -3.94. The van der Waals surface area contributed by atoms with E-state index in [2.05, 4.69) is 12.2 Å². The standard InChI is InChI=1S/C14H20N2O4S/c1-14(6-3-7-14)9-16-13(17)10-4-5-11(20-2)12(8-10)21(15,18)19/h4-5,8H,3,6-7,9H2,1-2H3,(H,16,17)(H2,15,18,19). The van der Waals surface area contributed by atoms with Crippen molar-refractivity contribution in [3.8, 4) is 5.75 Å². The molecule has 0 unspecified atom stereocenters. The monoisotopic (exact) mass is 312 g/mol. The summed E-state index contributed by atoms with van der Waals surface area (Å²) in [5.41, 5.74) is 0.410. The van der Waals surface area contributed by atoms with Gasteiger partial charge in [-0.3, -0.25) is 4.79 Å². The number of nitrogens with one attached hydrogen (secondary N) is 1. The van der Waals surface area contributed by atoms with Crippen LogP contribution in [0, 0.1) is 5.41 Å². The molecule has 0 atom stereocenters. The van der Waals surface area contributed by atoms with E-state index in [0.29, 0.717) is 6.54 Å². The predicted molar refractivity (Wildman–Crippen MR) is 78.7 cm³/mol. The van der Waals surface area contributed by atoms with Crippen LogP contribution in [0.4, 0.5) is 0 Å². The second-order valence-electron chi connectivity index (χ2n) is 5.76. The van der Waals surface area contributed by atoms with Gasteiger partial charge in [0.25, 0.3) is 5.91 Å². The van der Waals surface area contributed by atoms with Gasteiger partial charge in [-0.2, -0.15) is 0 Å². The highest BCUT2D eigenvalue weighted by atomic mass is 32.2. The van der Waals surface area contributed by atoms with Crippen molar-refractivity contribution in [1.29, 1.82) is 0 Å². The van der Waals surface area contributed by atoms with Crippen LogP contribution >= 0.6 is 0 Å². The molecular formula is C14H20N2O4S. The van der Waals surface area contributed by atoms with Crippen molar-refractivity contribution in [2.75, 3.05) is 13.7 Å². The Kier molecular flexibility index (Phi) is 4.25. The van der Waals surface area contributed by atoms with Crippen molar-refractivity contribution in [2.45, 2.75) is 31.1 Å². The summed E-state index contributed by atoms with van der Waals surface area (Å²) in [5.74, 6) is -0.185. The molecule has 2 rings (SSSR count). The van der Waals surface area contributed by atoms with Crippen molar-refractivity contribution in [1.82, 2.24) is 5.32 Å². The molecule has 1 aliphatic rings. The normalized spacial score (nSPS) is 16.9. The molecule has 1 aromatic carbocycles. The lowest BCUT2D eigenvalue weighted by atomic mass is 9.70. The summed E-state index contributed by atoms with van der Waals surface area (Å²) < 4.78 is 28.0. The zero-order chi connectivity index (χ0) is 15.7. The topological polar surface area (TPSA) is 98.5 Å². The molecule has 0 radical (unpaired) electrons. The second-order valence-corrected chi connectivity index (χ2v) is 7.29. The van der Waals surface area contributed by atoms with Gasteiger partial charge in [0.1, 0.15) is 10.6 Å². The Bertz CT molecular complexity index is 651. The first-order chi connectivity index (χ1) is 9.75. The maximum atomic E-state index is 12.1. The van der Waals surface area contributed by atoms with E-state index in [1.807, 2.05) is 0 Å². The van der Waals surface area contributed by atoms with Gasteiger partial charge in [-0.15, -0.1) is 0 Å². The van der Waals surface area contributed by atoms with E-state index in [0.717, 1.165) is 12.8 Å². The first-order valence-corrected chi connectivity index (χ1v) is 8.29. The van der Waals surface area contributed by atoms with Gasteiger partial charge >= 0.3 is 0 Å². The summed E-state index contributed by atoms with van der Waals surface area (Å²) in [6.07, 6.45) is 3.38. The molecule has 1 amide bonds. The molecule has 0 aromatic heterocycles. The molecule has 0 heterocycles. The van der Waals surface area contributed by atoms with Crippen LogP contribution in [0.25, 0.3) is 0 Å². The number of carbonyl (C=O) groups excluding carboxylic acids is 1. The maximum Gasteiger partial charge on any atom is 0.251 e. The van der Waals surface area contributed by atoms with Crippen LogP contribution < -0.4 is 15.2 Å². The molecule has 116 valence electrons. The Balaban J connectivity index is 2.18. The first-order valence-electron chi connectivity index (χ1n) is 6.74. The van der Waals surface area contributed by atoms with Crippen molar-refractivity contribution in [3.63, 3.8) is 0 Å². The van der Waals surface area contributed by atoms with E-state index in [1.165, 1.54) is 31.7 Å². The SMILES string of the molecule is COc1ccc(C(=O)NCC2(C)CCC2)cc1S(N)(=O)=O. The number of hydrogen-bond donors (Lipinski definition) is 2. The largest absolute Gasteiger partial charge is 0.495 e. The molecule has 21 heavy (non-hydrogen) atoms. The van der Waals surface area contributed by atoms with E-state index in [1.54, 1.807) is 0 Å². The number of primary sulfonamides is 1. The lowest BCUT2D eigenvalue weighted by Crippen LogP contribution is -2.40. The van der Waals surface area contributed by atoms with Gasteiger partial charge in [-0.25, -0.2) is 13.6 Å². The zero-order valence-corrected chi connectivity index (χ0v) is 13.0. The fraction of sp³-hybridized carbons (Fsp3) is 0.500. The molecule has 6 nitrogen and oxygen atoms in total. The molecule has 1 saturated carbocycles. The molecule has 0 saturated heterocycles. The lowest BCUT2D eigenvalue weighted by Gasteiger charge is -2.38. The average Bonchev–Trinajstić information content (AvgIpc) is 2.41. The number of methoxy groups -OCH3 is 1. The maximum absolute atomic E-state index is 12.1. The third-order valence-electron chi connectivity index (χ3n) is 3.97. The van der Waals surface area contributed by atoms with Crippen LogP contribution in [-0.2, 0) is 10.0 Å². The fourth-order valence-electron chi connectivity index (χ4n) is 2.39. The number of nitrogens with two attached hydrogens (primary N) is 1. The Hall–Kier alpha value is -1.60. The summed E-state index contributed by atoms with van der Waals surface area (Å²) in [5, 5.41) is 7.98. The van der Waals surface area contributed by atoms with Gasteiger partial charge in [0.2, 0.25) is 10.0 Å². The number of hydrogen-bond acceptors (Lipinski definition) is 4. The molecule has 0 bridgehead atoms. The number of sulfonamides is 1. The Morgan fingerprint density at radius 2 is 2.10 bits per heavy atom. The van der Waals surface area contributed by atoms with E-state index < -0.39 is 10.0 Å². The van der Waals surface area contributed by atoms with E-state index in [-0.39, 0.29) is 27.5 Å². The number of carbonyl (C=O) groups is 1. The fourth-order valence-corrected chi connectivity index (χ4v) is 3.12. The van der Waals surface area contributed by atoms with Crippen molar-refractivity contribution in [2.24, 2.45) is 10.6 Å². The number of rotatable bonds is 5. The molecule has 1 aromatic rings. The predicted octanol–water partition coefficient (Wildman–Crippen LogP) is 1.26. The molecule has 1 aliphatic carbocycles. The lowest BCUT2D eigenvalue weighted by molar-refractivity contribution is 0.0890. The molecule has 1 fully saturated rings. The van der Waals surface area contributed by atoms with Crippen LogP contribution in [0.15, 0.2) is 23.1 Å². The first kappa shape index (κ1) is 15.8. The summed E-state index contributed by atoms with van der Waals surface area (Å²) in [6.45, 7) is 2.71. The molecular weight excluding hydrogens is 292 g/mol. The molecule has 0 spiro atoms. The molecule has 3 N–H and O–H groups in total. The zero-order valence-electron chi connectivity index (χ0n) is 12.2. The van der Waals surface area contributed by atoms with Gasteiger partial charge in [-0.1, -0.05) is 13.3 Å². The van der Waals surface area contributed by atoms with Gasteiger partial charge in [0.05, 0.1) is 7.11 Å². The third-order valence-corrected chi connectivity index (χ3v) is 4.90. The van der Waals surface area contributed by atoms with Crippen LogP contribution in [0.3, 0.4) is 0 Å². The van der Waals surface area contributed by atoms with E-state index in [4.69, 9.17) is 9.88 Å². The van der Waals surface area contributed by atoms with Gasteiger partial charge < -0.3 is 10.1 Å². The molecule has 7 heteroatoms. The van der Waals surface area contributed by atoms with E-state index in [9.17, 15) is 13.2 Å². The van der Waals surface area contributed by atoms with Crippen LogP contribution in [-0.4, -0.2) is 28.0 Å². The minimum Gasteiger partial charge on any atom is -0.495 e. The van der Waals surface area contributed by atoms with Crippen LogP contribution in [0.5, 0.6) is 5.75 Å². The summed E-state index contributed by atoms with van der Waals surface area (Å²) in [6, 6.07) is 4.19. The minimum absolute atomic E-state index is 0.125. The van der Waals surface area contributed by atoms with Gasteiger partial charge in [0, 0.05) is 12.1 Å². The van der Waals surface area contributed by atoms with Crippen molar-refractivity contribution >= 4 is 15.9 Å². The van der Waals surface area contributed by atoms with E-state index >= 15 is 0 Å². The average molecular weight is 312 g/mol. The number of amides is 1.